The highest BCUT2D eigenvalue weighted by Gasteiger charge is 2.35. The van der Waals surface area contributed by atoms with Gasteiger partial charge in [-0.15, -0.1) is 0 Å². The number of nitriles is 1. The molecule has 8 nitrogen and oxygen atoms in total. The van der Waals surface area contributed by atoms with E-state index in [2.05, 4.69) is 47.2 Å². The summed E-state index contributed by atoms with van der Waals surface area (Å²) < 4.78 is 42.9. The van der Waals surface area contributed by atoms with Crippen molar-refractivity contribution < 1.29 is 17.6 Å². The van der Waals surface area contributed by atoms with Crippen molar-refractivity contribution >= 4 is 47.9 Å². The first kappa shape index (κ1) is 24.4. The Balaban J connectivity index is 1.55. The number of likely N-dealkylation sites (tertiary alicyclic amines) is 1. The molecule has 2 aromatic rings. The molecule has 0 bridgehead atoms. The molecule has 32 heavy (non-hydrogen) atoms. The molecule has 1 aliphatic heterocycles. The fourth-order valence-corrected chi connectivity index (χ4v) is 6.12. The number of hydrogen-bond acceptors (Lipinski definition) is 5. The van der Waals surface area contributed by atoms with E-state index >= 15 is 0 Å². The van der Waals surface area contributed by atoms with Crippen LogP contribution < -0.4 is 15.4 Å². The van der Waals surface area contributed by atoms with Gasteiger partial charge in [-0.3, -0.25) is 0 Å². The first-order valence-electron chi connectivity index (χ1n) is 9.58. The largest absolute Gasteiger partial charge is 0.336 e. The summed E-state index contributed by atoms with van der Waals surface area (Å²) in [6.45, 7) is 0.342. The third kappa shape index (κ3) is 6.19. The van der Waals surface area contributed by atoms with Gasteiger partial charge in [0.1, 0.15) is 5.82 Å². The molecule has 0 unspecified atom stereocenters. The van der Waals surface area contributed by atoms with Gasteiger partial charge in [0, 0.05) is 40.2 Å². The lowest BCUT2D eigenvalue weighted by atomic mass is 10.2. The molecular weight excluding hydrogens is 569 g/mol. The van der Waals surface area contributed by atoms with Crippen LogP contribution in [0.4, 0.5) is 9.18 Å². The van der Waals surface area contributed by atoms with Gasteiger partial charge in [0.05, 0.1) is 10.9 Å². The maximum atomic E-state index is 13.6. The highest BCUT2D eigenvalue weighted by Crippen LogP contribution is 2.27. The van der Waals surface area contributed by atoms with Gasteiger partial charge in [-0.2, -0.15) is 5.26 Å². The number of amides is 2. The minimum Gasteiger partial charge on any atom is -0.336 e. The van der Waals surface area contributed by atoms with Gasteiger partial charge in [-0.05, 0) is 46.6 Å². The number of sulfonamides is 1. The average Bonchev–Trinajstić information content (AvgIpc) is 3.14. The van der Waals surface area contributed by atoms with Crippen LogP contribution in [0.15, 0.2) is 56.3 Å². The number of halogens is 3. The molecule has 0 aromatic heterocycles. The molecule has 2 amide bonds. The first-order chi connectivity index (χ1) is 15.2. The quantitative estimate of drug-likeness (QED) is 0.430. The van der Waals surface area contributed by atoms with Crippen molar-refractivity contribution in [1.29, 1.82) is 5.26 Å². The summed E-state index contributed by atoms with van der Waals surface area (Å²) in [4.78, 5) is 13.6. The van der Waals surface area contributed by atoms with Crippen LogP contribution in [0, 0.1) is 17.3 Å². The second-order valence-electron chi connectivity index (χ2n) is 7.19. The molecule has 1 heterocycles. The predicted octanol–water partition coefficient (Wildman–Crippen LogP) is 3.05. The van der Waals surface area contributed by atoms with Crippen LogP contribution in [0.3, 0.4) is 0 Å². The van der Waals surface area contributed by atoms with Crippen molar-refractivity contribution in [2.24, 2.45) is 0 Å². The topological polar surface area (TPSA) is 114 Å². The van der Waals surface area contributed by atoms with E-state index in [0.717, 1.165) is 0 Å². The highest BCUT2D eigenvalue weighted by atomic mass is 79.9. The van der Waals surface area contributed by atoms with Gasteiger partial charge >= 0.3 is 6.03 Å². The molecule has 2 aromatic carbocycles. The van der Waals surface area contributed by atoms with Gasteiger partial charge < -0.3 is 15.5 Å². The third-order valence-corrected chi connectivity index (χ3v) is 7.95. The fourth-order valence-electron chi connectivity index (χ4n) is 3.37. The van der Waals surface area contributed by atoms with E-state index in [1.54, 1.807) is 30.3 Å². The van der Waals surface area contributed by atoms with E-state index in [0.29, 0.717) is 20.9 Å². The number of nitrogens with one attached hydrogen (secondary N) is 3. The van der Waals surface area contributed by atoms with Crippen LogP contribution in [0.2, 0.25) is 0 Å². The SMILES string of the molecule is N#CN1C[C@H](NS(=O)(=O)c2cc(Br)ccc2Br)C[C@@H]1CNC(=O)NCc1ccccc1F. The zero-order valence-electron chi connectivity index (χ0n) is 16.7. The van der Waals surface area contributed by atoms with Crippen LogP contribution in [-0.2, 0) is 16.6 Å². The number of nitrogens with zero attached hydrogens (tertiary/aromatic N) is 2. The molecule has 1 aliphatic rings. The molecule has 0 saturated carbocycles. The lowest BCUT2D eigenvalue weighted by molar-refractivity contribution is 0.236. The Hall–Kier alpha value is -2.20. The van der Waals surface area contributed by atoms with E-state index in [1.807, 2.05) is 6.19 Å². The van der Waals surface area contributed by atoms with Crippen LogP contribution in [0.25, 0.3) is 0 Å². The van der Waals surface area contributed by atoms with E-state index in [-0.39, 0.29) is 30.6 Å². The first-order valence-corrected chi connectivity index (χ1v) is 12.7. The summed E-state index contributed by atoms with van der Waals surface area (Å²) in [5.74, 6) is -0.411. The Labute approximate surface area is 202 Å². The summed E-state index contributed by atoms with van der Waals surface area (Å²) >= 11 is 6.52. The van der Waals surface area contributed by atoms with Gasteiger partial charge in [-0.1, -0.05) is 34.1 Å². The van der Waals surface area contributed by atoms with Gasteiger partial charge in [0.15, 0.2) is 6.19 Å². The summed E-state index contributed by atoms with van der Waals surface area (Å²) in [5.41, 5.74) is 0.357. The Morgan fingerprint density at radius 2 is 1.97 bits per heavy atom. The zero-order chi connectivity index (χ0) is 23.3. The number of hydrogen-bond donors (Lipinski definition) is 3. The van der Waals surface area contributed by atoms with Gasteiger partial charge in [0.2, 0.25) is 10.0 Å². The van der Waals surface area contributed by atoms with Crippen LogP contribution in [0.5, 0.6) is 0 Å². The summed E-state index contributed by atoms with van der Waals surface area (Å²) in [5, 5.41) is 14.6. The second kappa shape index (κ2) is 10.6. The molecule has 170 valence electrons. The van der Waals surface area contributed by atoms with Crippen LogP contribution in [0.1, 0.15) is 12.0 Å². The number of rotatable bonds is 7. The molecule has 0 radical (unpaired) electrons. The standard InChI is InChI=1S/C20H20Br2FN5O3S/c21-14-5-6-17(22)19(7-14)32(30,31)27-15-8-16(28(11-15)12-24)10-26-20(29)25-9-13-3-1-2-4-18(13)23/h1-7,15-16,27H,8-11H2,(H2,25,26,29)/t15-,16-/m1/s1. The molecule has 1 fully saturated rings. The van der Waals surface area contributed by atoms with Crippen LogP contribution in [-0.4, -0.2) is 44.5 Å². The molecule has 1 saturated heterocycles. The van der Waals surface area contributed by atoms with Gasteiger partial charge in [0.25, 0.3) is 0 Å². The summed E-state index contributed by atoms with van der Waals surface area (Å²) in [6, 6.07) is 9.57. The van der Waals surface area contributed by atoms with E-state index in [4.69, 9.17) is 0 Å². The highest BCUT2D eigenvalue weighted by molar-refractivity contribution is 9.11. The van der Waals surface area contributed by atoms with E-state index in [1.165, 1.54) is 17.0 Å². The Kier molecular flexibility index (Phi) is 8.10. The Bertz CT molecular complexity index is 1140. The van der Waals surface area contributed by atoms with E-state index in [9.17, 15) is 22.9 Å². The number of carbonyl (C=O) groups is 1. The molecule has 0 spiro atoms. The van der Waals surface area contributed by atoms with Crippen molar-refractivity contribution in [2.75, 3.05) is 13.1 Å². The summed E-state index contributed by atoms with van der Waals surface area (Å²) in [6.07, 6.45) is 2.38. The number of carbonyl (C=O) groups excluding carboxylic acids is 1. The smallest absolute Gasteiger partial charge is 0.315 e. The lowest BCUT2D eigenvalue weighted by Gasteiger charge is -2.18. The number of urea groups is 1. The molecule has 0 aliphatic carbocycles. The van der Waals surface area contributed by atoms with Crippen molar-refractivity contribution in [3.63, 3.8) is 0 Å². The normalized spacial score (nSPS) is 18.2. The third-order valence-electron chi connectivity index (χ3n) is 4.94. The maximum Gasteiger partial charge on any atom is 0.315 e. The van der Waals surface area contributed by atoms with Crippen molar-refractivity contribution in [3.05, 3.63) is 62.8 Å². The molecule has 2 atom stereocenters. The minimum absolute atomic E-state index is 0.0229. The lowest BCUT2D eigenvalue weighted by Crippen LogP contribution is -2.42. The fraction of sp³-hybridized carbons (Fsp3) is 0.300. The number of benzene rings is 2. The minimum atomic E-state index is -3.82. The van der Waals surface area contributed by atoms with Crippen molar-refractivity contribution in [1.82, 2.24) is 20.3 Å². The summed E-state index contributed by atoms with van der Waals surface area (Å²) in [7, 11) is -3.82. The van der Waals surface area contributed by atoms with E-state index < -0.39 is 27.9 Å². The van der Waals surface area contributed by atoms with Crippen molar-refractivity contribution in [3.8, 4) is 6.19 Å². The van der Waals surface area contributed by atoms with Gasteiger partial charge in [-0.25, -0.2) is 22.3 Å². The predicted molar refractivity (Wildman–Crippen MR) is 123 cm³/mol. The second-order valence-corrected chi connectivity index (χ2v) is 10.6. The molecular formula is C20H20Br2FN5O3S. The zero-order valence-corrected chi connectivity index (χ0v) is 20.7. The Morgan fingerprint density at radius 3 is 2.69 bits per heavy atom. The monoisotopic (exact) mass is 587 g/mol. The maximum absolute atomic E-state index is 13.6. The van der Waals surface area contributed by atoms with Crippen LogP contribution >= 0.6 is 31.9 Å². The molecule has 12 heteroatoms. The molecule has 3 rings (SSSR count). The van der Waals surface area contributed by atoms with Crippen molar-refractivity contribution in [2.45, 2.75) is 29.9 Å². The Morgan fingerprint density at radius 1 is 1.22 bits per heavy atom. The average molecular weight is 589 g/mol. The molecule has 3 N–H and O–H groups in total.